The van der Waals surface area contributed by atoms with Crippen LogP contribution >= 0.6 is 0 Å². The van der Waals surface area contributed by atoms with Crippen LogP contribution < -0.4 is 5.73 Å². The molecule has 3 nitrogen and oxygen atoms in total. The van der Waals surface area contributed by atoms with Crippen molar-refractivity contribution in [3.8, 4) is 0 Å². The maximum Gasteiger partial charge on any atom is 0.254 e. The highest BCUT2D eigenvalue weighted by atomic mass is 16.2. The Kier molecular flexibility index (Phi) is 4.59. The second-order valence-corrected chi connectivity index (χ2v) is 5.82. The lowest BCUT2D eigenvalue weighted by molar-refractivity contribution is 0.0735. The second kappa shape index (κ2) is 6.20. The number of benzene rings is 1. The van der Waals surface area contributed by atoms with Gasteiger partial charge in [0.1, 0.15) is 0 Å². The van der Waals surface area contributed by atoms with Gasteiger partial charge in [0, 0.05) is 24.7 Å². The number of hydrogen-bond acceptors (Lipinski definition) is 2. The van der Waals surface area contributed by atoms with Crippen LogP contribution in [0.1, 0.15) is 49.0 Å². The first kappa shape index (κ1) is 14.1. The molecule has 0 atom stereocenters. The van der Waals surface area contributed by atoms with E-state index in [0.717, 1.165) is 36.9 Å². The summed E-state index contributed by atoms with van der Waals surface area (Å²) >= 11 is 0. The first-order chi connectivity index (χ1) is 9.11. The van der Waals surface area contributed by atoms with Crippen molar-refractivity contribution in [2.45, 2.75) is 45.7 Å². The lowest BCUT2D eigenvalue weighted by atomic mass is 10.1. The van der Waals surface area contributed by atoms with Crippen LogP contribution in [0.3, 0.4) is 0 Å². The van der Waals surface area contributed by atoms with Gasteiger partial charge in [-0.2, -0.15) is 0 Å². The van der Waals surface area contributed by atoms with Gasteiger partial charge in [-0.1, -0.05) is 26.0 Å². The highest BCUT2D eigenvalue weighted by Gasteiger charge is 2.32. The molecule has 0 heterocycles. The lowest BCUT2D eigenvalue weighted by Gasteiger charge is -2.23. The van der Waals surface area contributed by atoms with Crippen molar-refractivity contribution in [3.05, 3.63) is 35.4 Å². The summed E-state index contributed by atoms with van der Waals surface area (Å²) in [5, 5.41) is 0. The first-order valence-corrected chi connectivity index (χ1v) is 7.21. The van der Waals surface area contributed by atoms with Gasteiger partial charge in [0.2, 0.25) is 0 Å². The summed E-state index contributed by atoms with van der Waals surface area (Å²) in [6.07, 6.45) is 3.37. The smallest absolute Gasteiger partial charge is 0.254 e. The van der Waals surface area contributed by atoms with Crippen LogP contribution in [-0.4, -0.2) is 23.4 Å². The van der Waals surface area contributed by atoms with Crippen LogP contribution in [0.4, 0.5) is 0 Å². The molecular formula is C16H24N2O. The molecule has 2 rings (SSSR count). The zero-order valence-electron chi connectivity index (χ0n) is 11.9. The molecule has 1 aliphatic rings. The van der Waals surface area contributed by atoms with Gasteiger partial charge < -0.3 is 10.6 Å². The van der Waals surface area contributed by atoms with E-state index in [1.807, 2.05) is 24.3 Å². The summed E-state index contributed by atoms with van der Waals surface area (Å²) in [6, 6.07) is 8.17. The average molecular weight is 260 g/mol. The average Bonchev–Trinajstić information content (AvgIpc) is 3.23. The molecule has 1 saturated carbocycles. The molecular weight excluding hydrogens is 236 g/mol. The largest absolute Gasteiger partial charge is 0.336 e. The fraction of sp³-hybridized carbons (Fsp3) is 0.562. The van der Waals surface area contributed by atoms with Gasteiger partial charge in [-0.05, 0) is 42.9 Å². The third kappa shape index (κ3) is 3.80. The molecule has 3 heteroatoms. The lowest BCUT2D eigenvalue weighted by Crippen LogP contribution is -2.34. The number of rotatable bonds is 6. The van der Waals surface area contributed by atoms with Crippen LogP contribution in [-0.2, 0) is 6.54 Å². The minimum absolute atomic E-state index is 0.165. The Morgan fingerprint density at radius 1 is 1.42 bits per heavy atom. The number of nitrogens with zero attached hydrogens (tertiary/aromatic N) is 1. The summed E-state index contributed by atoms with van der Waals surface area (Å²) in [5.41, 5.74) is 7.44. The van der Waals surface area contributed by atoms with Crippen molar-refractivity contribution in [2.24, 2.45) is 11.7 Å². The van der Waals surface area contributed by atoms with Gasteiger partial charge in [-0.15, -0.1) is 0 Å². The van der Waals surface area contributed by atoms with E-state index in [1.165, 1.54) is 0 Å². The number of hydrogen-bond donors (Lipinski definition) is 1. The van der Waals surface area contributed by atoms with Gasteiger partial charge in [0.15, 0.2) is 0 Å². The van der Waals surface area contributed by atoms with Crippen molar-refractivity contribution in [3.63, 3.8) is 0 Å². The van der Waals surface area contributed by atoms with E-state index in [-0.39, 0.29) is 5.91 Å². The molecule has 0 radical (unpaired) electrons. The molecule has 0 aliphatic heterocycles. The quantitative estimate of drug-likeness (QED) is 0.855. The summed E-state index contributed by atoms with van der Waals surface area (Å²) < 4.78 is 0. The van der Waals surface area contributed by atoms with Crippen LogP contribution in [0, 0.1) is 5.92 Å². The van der Waals surface area contributed by atoms with E-state index >= 15 is 0 Å². The highest BCUT2D eigenvalue weighted by molar-refractivity contribution is 5.94. The summed E-state index contributed by atoms with van der Waals surface area (Å²) in [6.45, 7) is 5.75. The zero-order valence-corrected chi connectivity index (χ0v) is 11.9. The highest BCUT2D eigenvalue weighted by Crippen LogP contribution is 2.29. The van der Waals surface area contributed by atoms with Crippen LogP contribution in [0.2, 0.25) is 0 Å². The first-order valence-electron chi connectivity index (χ1n) is 7.21. The Balaban J connectivity index is 2.09. The number of carbonyl (C=O) groups excluding carboxylic acids is 1. The van der Waals surface area contributed by atoms with Gasteiger partial charge in [-0.25, -0.2) is 0 Å². The van der Waals surface area contributed by atoms with Gasteiger partial charge in [0.25, 0.3) is 5.91 Å². The molecule has 0 unspecified atom stereocenters. The molecule has 0 aromatic heterocycles. The molecule has 1 aromatic rings. The second-order valence-electron chi connectivity index (χ2n) is 5.82. The van der Waals surface area contributed by atoms with Crippen LogP contribution in [0.5, 0.6) is 0 Å². The minimum atomic E-state index is 0.165. The zero-order chi connectivity index (χ0) is 13.8. The third-order valence-corrected chi connectivity index (χ3v) is 3.61. The molecule has 1 amide bonds. The van der Waals surface area contributed by atoms with Gasteiger partial charge >= 0.3 is 0 Å². The summed E-state index contributed by atoms with van der Waals surface area (Å²) in [4.78, 5) is 14.6. The van der Waals surface area contributed by atoms with Crippen LogP contribution in [0.15, 0.2) is 24.3 Å². The van der Waals surface area contributed by atoms with Crippen molar-refractivity contribution in [1.82, 2.24) is 4.90 Å². The Bertz CT molecular complexity index is 438. The van der Waals surface area contributed by atoms with Gasteiger partial charge in [-0.3, -0.25) is 4.79 Å². The Morgan fingerprint density at radius 2 is 2.16 bits per heavy atom. The topological polar surface area (TPSA) is 46.3 Å². The van der Waals surface area contributed by atoms with Crippen molar-refractivity contribution >= 4 is 5.91 Å². The molecule has 19 heavy (non-hydrogen) atoms. The molecule has 2 N–H and O–H groups in total. The number of nitrogens with two attached hydrogens (primary N) is 1. The number of amides is 1. The Labute approximate surface area is 115 Å². The predicted octanol–water partition coefficient (Wildman–Crippen LogP) is 2.80. The molecule has 1 fully saturated rings. The molecule has 0 bridgehead atoms. The fourth-order valence-electron chi connectivity index (χ4n) is 2.23. The summed E-state index contributed by atoms with van der Waals surface area (Å²) in [7, 11) is 0. The standard InChI is InChI=1S/C16H24N2O/c1-12(2)8-9-18(15-6-7-15)16(19)14-5-3-4-13(10-14)11-17/h3-5,10,12,15H,6-9,11,17H2,1-2H3. The van der Waals surface area contributed by atoms with Crippen molar-refractivity contribution < 1.29 is 4.79 Å². The maximum absolute atomic E-state index is 12.6. The molecule has 1 aliphatic carbocycles. The third-order valence-electron chi connectivity index (χ3n) is 3.61. The summed E-state index contributed by atoms with van der Waals surface area (Å²) in [5.74, 6) is 0.794. The maximum atomic E-state index is 12.6. The van der Waals surface area contributed by atoms with E-state index in [4.69, 9.17) is 5.73 Å². The van der Waals surface area contributed by atoms with Crippen molar-refractivity contribution in [2.75, 3.05) is 6.54 Å². The SMILES string of the molecule is CC(C)CCN(C(=O)c1cccc(CN)c1)C1CC1. The fourth-order valence-corrected chi connectivity index (χ4v) is 2.23. The normalized spacial score (nSPS) is 14.7. The minimum Gasteiger partial charge on any atom is -0.336 e. The van der Waals surface area contributed by atoms with E-state index < -0.39 is 0 Å². The molecule has 0 spiro atoms. The predicted molar refractivity (Wildman–Crippen MR) is 77.8 cm³/mol. The van der Waals surface area contributed by atoms with Gasteiger partial charge in [0.05, 0.1) is 0 Å². The van der Waals surface area contributed by atoms with Crippen LogP contribution in [0.25, 0.3) is 0 Å². The molecule has 104 valence electrons. The van der Waals surface area contributed by atoms with E-state index in [0.29, 0.717) is 18.5 Å². The van der Waals surface area contributed by atoms with Crippen molar-refractivity contribution in [1.29, 1.82) is 0 Å². The molecule has 1 aromatic carbocycles. The number of carbonyl (C=O) groups is 1. The Morgan fingerprint density at radius 3 is 2.74 bits per heavy atom. The van der Waals surface area contributed by atoms with E-state index in [1.54, 1.807) is 0 Å². The molecule has 0 saturated heterocycles. The van der Waals surface area contributed by atoms with E-state index in [9.17, 15) is 4.79 Å². The monoisotopic (exact) mass is 260 g/mol. The Hall–Kier alpha value is -1.35. The van der Waals surface area contributed by atoms with E-state index in [2.05, 4.69) is 18.7 Å².